The SMILES string of the molecule is O.O=C(/C=C(/O)C(F)(F)F)C(F)(F)F.O=C(/C=C(\O)C(F)(F)F)C(F)(F)F.[Co]. The molecule has 0 aromatic carbocycles. The van der Waals surface area contributed by atoms with E-state index in [1.54, 1.807) is 0 Å². The van der Waals surface area contributed by atoms with Crippen LogP contribution in [0.5, 0.6) is 0 Å². The van der Waals surface area contributed by atoms with Crippen molar-refractivity contribution in [3.8, 4) is 0 Å². The van der Waals surface area contributed by atoms with Gasteiger partial charge in [0.05, 0.1) is 0 Å². The van der Waals surface area contributed by atoms with Crippen molar-refractivity contribution in [2.24, 2.45) is 0 Å². The monoisotopic (exact) mass is 493 g/mol. The molecule has 0 saturated heterocycles. The molecule has 0 saturated carbocycles. The van der Waals surface area contributed by atoms with Gasteiger partial charge in [-0.2, -0.15) is 52.7 Å². The van der Waals surface area contributed by atoms with Gasteiger partial charge in [-0.05, 0) is 0 Å². The minimum atomic E-state index is -5.42. The molecule has 169 valence electrons. The van der Waals surface area contributed by atoms with Gasteiger partial charge in [0.25, 0.3) is 11.6 Å². The van der Waals surface area contributed by atoms with Crippen molar-refractivity contribution in [2.75, 3.05) is 0 Å². The molecule has 0 atom stereocenters. The van der Waals surface area contributed by atoms with E-state index in [2.05, 4.69) is 0 Å². The zero-order chi connectivity index (χ0) is 21.7. The largest absolute Gasteiger partial charge is 0.504 e. The third kappa shape index (κ3) is 14.1. The van der Waals surface area contributed by atoms with Gasteiger partial charge in [-0.25, -0.2) is 0 Å². The van der Waals surface area contributed by atoms with E-state index < -0.39 is 59.9 Å². The van der Waals surface area contributed by atoms with E-state index in [0.717, 1.165) is 0 Å². The zero-order valence-electron chi connectivity index (χ0n) is 12.2. The fourth-order valence-corrected chi connectivity index (χ4v) is 0.576. The summed E-state index contributed by atoms with van der Waals surface area (Å²) in [5.41, 5.74) is 0. The molecule has 0 aromatic heterocycles. The summed E-state index contributed by atoms with van der Waals surface area (Å²) in [5, 5.41) is 15.9. The molecule has 0 amide bonds. The fraction of sp³-hybridized carbons (Fsp3) is 0.400. The number of carbonyl (C=O) groups is 2. The Kier molecular flexibility index (Phi) is 13.4. The van der Waals surface area contributed by atoms with E-state index >= 15 is 0 Å². The summed E-state index contributed by atoms with van der Waals surface area (Å²) in [6.45, 7) is 0. The molecule has 28 heavy (non-hydrogen) atoms. The van der Waals surface area contributed by atoms with Crippen molar-refractivity contribution in [1.29, 1.82) is 0 Å². The Morgan fingerprint density at radius 3 is 0.821 bits per heavy atom. The van der Waals surface area contributed by atoms with E-state index in [-0.39, 0.29) is 22.3 Å². The minimum absolute atomic E-state index is 0. The summed E-state index contributed by atoms with van der Waals surface area (Å²) < 4.78 is 136. The first-order valence-corrected chi connectivity index (χ1v) is 5.28. The van der Waals surface area contributed by atoms with Gasteiger partial charge < -0.3 is 15.7 Å². The van der Waals surface area contributed by atoms with Gasteiger partial charge in [0.2, 0.25) is 11.5 Å². The number of aliphatic hydroxyl groups excluding tert-OH is 2. The molecule has 0 aromatic rings. The normalized spacial score (nSPS) is 13.4. The van der Waals surface area contributed by atoms with Crippen LogP contribution in [0.15, 0.2) is 23.7 Å². The summed E-state index contributed by atoms with van der Waals surface area (Å²) in [5.74, 6) is -10.7. The molecule has 0 spiro atoms. The van der Waals surface area contributed by atoms with Crippen LogP contribution in [-0.2, 0) is 26.4 Å². The molecule has 5 nitrogen and oxygen atoms in total. The van der Waals surface area contributed by atoms with E-state index in [1.165, 1.54) is 0 Å². The Hall–Kier alpha value is -1.95. The summed E-state index contributed by atoms with van der Waals surface area (Å²) in [4.78, 5) is 19.7. The first-order chi connectivity index (χ1) is 11.1. The number of hydrogen-bond donors (Lipinski definition) is 2. The number of aliphatic hydroxyl groups is 2. The molecule has 0 heterocycles. The Bertz CT molecular complexity index is 530. The van der Waals surface area contributed by atoms with Gasteiger partial charge in [-0.1, -0.05) is 0 Å². The van der Waals surface area contributed by atoms with Crippen LogP contribution in [0.4, 0.5) is 52.7 Å². The maximum absolute atomic E-state index is 11.4. The third-order valence-electron chi connectivity index (χ3n) is 1.68. The van der Waals surface area contributed by atoms with Crippen LogP contribution < -0.4 is 0 Å². The fourth-order valence-electron chi connectivity index (χ4n) is 0.576. The van der Waals surface area contributed by atoms with Gasteiger partial charge in [0, 0.05) is 28.9 Å². The van der Waals surface area contributed by atoms with Crippen LogP contribution in [0.1, 0.15) is 0 Å². The second-order valence-electron chi connectivity index (χ2n) is 3.78. The van der Waals surface area contributed by atoms with E-state index in [4.69, 9.17) is 10.2 Å². The molecular formula is C10H6CoF12O5. The van der Waals surface area contributed by atoms with E-state index in [9.17, 15) is 62.3 Å². The Balaban J connectivity index is -0.000000192. The van der Waals surface area contributed by atoms with Gasteiger partial charge in [0.15, 0.2) is 0 Å². The smallest absolute Gasteiger partial charge is 0.454 e. The van der Waals surface area contributed by atoms with Crippen molar-refractivity contribution in [3.63, 3.8) is 0 Å². The quantitative estimate of drug-likeness (QED) is 0.350. The van der Waals surface area contributed by atoms with Crippen molar-refractivity contribution in [2.45, 2.75) is 24.7 Å². The van der Waals surface area contributed by atoms with Crippen molar-refractivity contribution in [1.82, 2.24) is 0 Å². The van der Waals surface area contributed by atoms with E-state index in [0.29, 0.717) is 0 Å². The molecule has 0 fully saturated rings. The summed E-state index contributed by atoms with van der Waals surface area (Å²) in [6, 6.07) is 0. The maximum Gasteiger partial charge on any atom is 0.454 e. The van der Waals surface area contributed by atoms with Crippen LogP contribution in [0.2, 0.25) is 0 Å². The van der Waals surface area contributed by atoms with Gasteiger partial charge in [-0.3, -0.25) is 9.59 Å². The molecule has 0 unspecified atom stereocenters. The minimum Gasteiger partial charge on any atom is -0.504 e. The first-order valence-electron chi connectivity index (χ1n) is 5.28. The topological polar surface area (TPSA) is 106 Å². The van der Waals surface area contributed by atoms with Crippen LogP contribution in [-0.4, -0.2) is 52.0 Å². The average Bonchev–Trinajstić information content (AvgIpc) is 2.34. The molecule has 0 aliphatic rings. The standard InChI is InChI=1S/2C5H2F6O2.Co.H2O/c2*6-4(7,8)2(12)1-3(13)5(9,10)11;;/h2*1,12H;;1H2/b2-1+;2-1-;;. The van der Waals surface area contributed by atoms with Crippen LogP contribution in [0.25, 0.3) is 0 Å². The molecule has 18 heteroatoms. The molecule has 0 bridgehead atoms. The third-order valence-corrected chi connectivity index (χ3v) is 1.68. The predicted octanol–water partition coefficient (Wildman–Crippen LogP) is 3.42. The Morgan fingerprint density at radius 2 is 0.714 bits per heavy atom. The second kappa shape index (κ2) is 11.1. The van der Waals surface area contributed by atoms with Gasteiger partial charge in [-0.15, -0.1) is 0 Å². The molecule has 0 aliphatic carbocycles. The summed E-state index contributed by atoms with van der Waals surface area (Å²) in [7, 11) is 0. The Morgan fingerprint density at radius 1 is 0.536 bits per heavy atom. The van der Waals surface area contributed by atoms with Crippen LogP contribution in [0.3, 0.4) is 0 Å². The Labute approximate surface area is 155 Å². The van der Waals surface area contributed by atoms with Crippen molar-refractivity contribution in [3.05, 3.63) is 23.7 Å². The van der Waals surface area contributed by atoms with Crippen LogP contribution in [0, 0.1) is 0 Å². The zero-order valence-corrected chi connectivity index (χ0v) is 13.3. The van der Waals surface area contributed by atoms with Gasteiger partial charge in [0.1, 0.15) is 0 Å². The molecular weight excluding hydrogens is 487 g/mol. The summed E-state index contributed by atoms with van der Waals surface area (Å²) in [6.07, 6.45) is -23.4. The van der Waals surface area contributed by atoms with Crippen LogP contribution >= 0.6 is 0 Å². The average molecular weight is 493 g/mol. The first kappa shape index (κ1) is 33.6. The molecule has 1 radical (unpaired) electrons. The predicted molar refractivity (Wildman–Crippen MR) is 59.3 cm³/mol. The van der Waals surface area contributed by atoms with Crippen molar-refractivity contribution >= 4 is 11.6 Å². The molecule has 0 aliphatic heterocycles. The van der Waals surface area contributed by atoms with E-state index in [1.807, 2.05) is 0 Å². The number of carbonyl (C=O) groups excluding carboxylic acids is 2. The second-order valence-corrected chi connectivity index (χ2v) is 3.78. The number of hydrogen-bond acceptors (Lipinski definition) is 4. The molecule has 4 N–H and O–H groups in total. The molecule has 0 rings (SSSR count). The maximum atomic E-state index is 11.4. The number of allylic oxidation sites excluding steroid dienone is 4. The van der Waals surface area contributed by atoms with Gasteiger partial charge >= 0.3 is 24.7 Å². The number of alkyl halides is 12. The van der Waals surface area contributed by atoms with Crippen molar-refractivity contribution < 1.29 is 94.7 Å². The number of halogens is 12. The number of ketones is 2. The number of rotatable bonds is 2. The summed E-state index contributed by atoms with van der Waals surface area (Å²) >= 11 is 0.